The van der Waals surface area contributed by atoms with E-state index in [1.165, 1.54) is 0 Å². The summed E-state index contributed by atoms with van der Waals surface area (Å²) in [5, 5.41) is 16.1. The lowest BCUT2D eigenvalue weighted by molar-refractivity contribution is -0.134. The van der Waals surface area contributed by atoms with Crippen LogP contribution < -0.4 is 0 Å². The van der Waals surface area contributed by atoms with Crippen LogP contribution in [0.25, 0.3) is 0 Å². The first-order valence-corrected chi connectivity index (χ1v) is 2.30. The average Bonchev–Trinajstić information content (AvgIpc) is 1.88. The molecule has 0 heterocycles. The van der Waals surface area contributed by atoms with Crippen LogP contribution in [-0.2, 0) is 9.59 Å². The molecule has 0 bridgehead atoms. The number of Topliss-reactive ketones (excluding diaryl/α,β-unsaturated/α-hetero) is 1. The fraction of sp³-hybridized carbons (Fsp3) is 0.200. The van der Waals surface area contributed by atoms with Gasteiger partial charge in [0.15, 0.2) is 6.67 Å². The normalized spacial score (nSPS) is 11.1. The molecule has 0 atom stereocenters. The molecule has 0 saturated heterocycles. The van der Waals surface area contributed by atoms with Gasteiger partial charge in [-0.15, -0.1) is 0 Å². The van der Waals surface area contributed by atoms with Crippen molar-refractivity contribution in [3.8, 4) is 0 Å². The first-order chi connectivity index (χ1) is 4.63. The Morgan fingerprint density at radius 1 is 1.50 bits per heavy atom. The molecule has 2 N–H and O–H groups in total. The number of rotatable bonds is 3. The Hall–Kier alpha value is -1.39. The molecule has 10 heavy (non-hydrogen) atoms. The summed E-state index contributed by atoms with van der Waals surface area (Å²) in [5.41, 5.74) is -0.942. The van der Waals surface area contributed by atoms with Gasteiger partial charge in [0.25, 0.3) is 0 Å². The molecule has 0 aromatic heterocycles. The van der Waals surface area contributed by atoms with E-state index < -0.39 is 24.0 Å². The molecule has 0 unspecified atom stereocenters. The van der Waals surface area contributed by atoms with Crippen LogP contribution in [0.2, 0.25) is 0 Å². The molecular formula is C5H5FO4. The number of carbonyl (C=O) groups excluding carboxylic acids is 1. The molecular weight excluding hydrogens is 143 g/mol. The first-order valence-electron chi connectivity index (χ1n) is 2.30. The van der Waals surface area contributed by atoms with Gasteiger partial charge in [-0.2, -0.15) is 0 Å². The molecule has 0 spiro atoms. The maximum Gasteiger partial charge on any atom is 0.342 e. The summed E-state index contributed by atoms with van der Waals surface area (Å²) in [5.74, 6) is -2.87. The van der Waals surface area contributed by atoms with Crippen molar-refractivity contribution in [2.75, 3.05) is 6.67 Å². The number of aliphatic hydroxyl groups is 1. The van der Waals surface area contributed by atoms with Crippen LogP contribution in [0.15, 0.2) is 11.8 Å². The molecule has 0 aliphatic heterocycles. The van der Waals surface area contributed by atoms with Gasteiger partial charge < -0.3 is 10.2 Å². The van der Waals surface area contributed by atoms with Gasteiger partial charge in [0, 0.05) is 0 Å². The number of alkyl halides is 1. The molecule has 0 saturated carbocycles. The van der Waals surface area contributed by atoms with Crippen molar-refractivity contribution in [1.82, 2.24) is 0 Å². The third-order valence-corrected chi connectivity index (χ3v) is 0.781. The Labute approximate surface area is 55.6 Å². The number of hydrogen-bond acceptors (Lipinski definition) is 3. The smallest absolute Gasteiger partial charge is 0.342 e. The summed E-state index contributed by atoms with van der Waals surface area (Å²) in [6, 6.07) is 0. The van der Waals surface area contributed by atoms with Crippen LogP contribution in [0, 0.1) is 0 Å². The molecule has 0 aromatic carbocycles. The van der Waals surface area contributed by atoms with Crippen LogP contribution in [0.5, 0.6) is 0 Å². The van der Waals surface area contributed by atoms with Crippen molar-refractivity contribution in [3.05, 3.63) is 11.8 Å². The molecule has 0 aromatic rings. The van der Waals surface area contributed by atoms with E-state index in [-0.39, 0.29) is 6.26 Å². The average molecular weight is 148 g/mol. The predicted molar refractivity (Wildman–Crippen MR) is 29.3 cm³/mol. The Morgan fingerprint density at radius 3 is 2.10 bits per heavy atom. The van der Waals surface area contributed by atoms with Crippen LogP contribution in [0.4, 0.5) is 4.39 Å². The van der Waals surface area contributed by atoms with E-state index in [2.05, 4.69) is 0 Å². The number of carboxylic acid groups (broad SMARTS) is 1. The maximum atomic E-state index is 11.4. The van der Waals surface area contributed by atoms with E-state index in [0.29, 0.717) is 0 Å². The Balaban J connectivity index is 4.39. The van der Waals surface area contributed by atoms with E-state index in [9.17, 15) is 14.0 Å². The number of ketones is 1. The molecule has 0 fully saturated rings. The Bertz CT molecular complexity index is 184. The highest BCUT2D eigenvalue weighted by Crippen LogP contribution is 1.95. The maximum absolute atomic E-state index is 11.4. The highest BCUT2D eigenvalue weighted by Gasteiger charge is 2.16. The molecule has 0 amide bonds. The lowest BCUT2D eigenvalue weighted by Crippen LogP contribution is -2.13. The standard InChI is InChI=1S/C5H5FO4/c6-1-4(8)3(2-7)5(9)10/h2,7H,1H2,(H,9,10). The van der Waals surface area contributed by atoms with Crippen LogP contribution >= 0.6 is 0 Å². The topological polar surface area (TPSA) is 74.6 Å². The van der Waals surface area contributed by atoms with Crippen LogP contribution in [0.1, 0.15) is 0 Å². The second-order valence-electron chi connectivity index (χ2n) is 1.40. The molecule has 0 aliphatic rings. The lowest BCUT2D eigenvalue weighted by atomic mass is 10.2. The number of aliphatic hydroxyl groups excluding tert-OH is 1. The summed E-state index contributed by atoms with van der Waals surface area (Å²) < 4.78 is 11.4. The van der Waals surface area contributed by atoms with E-state index in [1.54, 1.807) is 0 Å². The van der Waals surface area contributed by atoms with Crippen molar-refractivity contribution < 1.29 is 24.2 Å². The highest BCUT2D eigenvalue weighted by molar-refractivity contribution is 6.16. The second kappa shape index (κ2) is 3.60. The van der Waals surface area contributed by atoms with Gasteiger partial charge in [-0.05, 0) is 0 Å². The molecule has 0 radical (unpaired) electrons. The number of carbonyl (C=O) groups is 2. The van der Waals surface area contributed by atoms with Crippen molar-refractivity contribution in [1.29, 1.82) is 0 Å². The SMILES string of the molecule is O=C(O)C(=CO)C(=O)CF. The number of carboxylic acids is 1. The van der Waals surface area contributed by atoms with Gasteiger partial charge in [-0.25, -0.2) is 9.18 Å². The van der Waals surface area contributed by atoms with E-state index in [1.807, 2.05) is 0 Å². The minimum Gasteiger partial charge on any atom is -0.515 e. The zero-order valence-corrected chi connectivity index (χ0v) is 4.87. The zero-order valence-electron chi connectivity index (χ0n) is 4.87. The lowest BCUT2D eigenvalue weighted by Gasteiger charge is -1.92. The second-order valence-corrected chi connectivity index (χ2v) is 1.40. The molecule has 56 valence electrons. The summed E-state index contributed by atoms with van der Waals surface area (Å²) in [6.45, 7) is -1.42. The molecule has 5 heteroatoms. The number of halogens is 1. The van der Waals surface area contributed by atoms with Crippen molar-refractivity contribution in [2.45, 2.75) is 0 Å². The summed E-state index contributed by atoms with van der Waals surface area (Å²) in [6.07, 6.45) is 0.0737. The summed E-state index contributed by atoms with van der Waals surface area (Å²) in [4.78, 5) is 20.1. The molecule has 0 aliphatic carbocycles. The van der Waals surface area contributed by atoms with E-state index in [0.717, 1.165) is 0 Å². The van der Waals surface area contributed by atoms with Gasteiger partial charge >= 0.3 is 5.97 Å². The van der Waals surface area contributed by atoms with Crippen molar-refractivity contribution >= 4 is 11.8 Å². The fourth-order valence-corrected chi connectivity index (χ4v) is 0.318. The first kappa shape index (κ1) is 8.61. The highest BCUT2D eigenvalue weighted by atomic mass is 19.1. The minimum atomic E-state index is -1.63. The van der Waals surface area contributed by atoms with Gasteiger partial charge in [0.1, 0.15) is 5.57 Å². The molecule has 4 nitrogen and oxygen atoms in total. The van der Waals surface area contributed by atoms with Crippen molar-refractivity contribution in [2.24, 2.45) is 0 Å². The monoisotopic (exact) mass is 148 g/mol. The number of aliphatic carboxylic acids is 1. The van der Waals surface area contributed by atoms with Gasteiger partial charge in [-0.1, -0.05) is 0 Å². The largest absolute Gasteiger partial charge is 0.515 e. The zero-order chi connectivity index (χ0) is 8.15. The number of hydrogen-bond donors (Lipinski definition) is 2. The van der Waals surface area contributed by atoms with E-state index in [4.69, 9.17) is 10.2 Å². The quantitative estimate of drug-likeness (QED) is 0.256. The predicted octanol–water partition coefficient (Wildman–Crippen LogP) is 0.0515. The van der Waals surface area contributed by atoms with Gasteiger partial charge in [-0.3, -0.25) is 4.79 Å². The van der Waals surface area contributed by atoms with Crippen LogP contribution in [-0.4, -0.2) is 28.6 Å². The third kappa shape index (κ3) is 1.85. The van der Waals surface area contributed by atoms with Gasteiger partial charge in [0.05, 0.1) is 6.26 Å². The molecule has 0 rings (SSSR count). The van der Waals surface area contributed by atoms with E-state index >= 15 is 0 Å². The fourth-order valence-electron chi connectivity index (χ4n) is 0.318. The minimum absolute atomic E-state index is 0.0737. The third-order valence-electron chi connectivity index (χ3n) is 0.781. The summed E-state index contributed by atoms with van der Waals surface area (Å²) >= 11 is 0. The Kier molecular flexibility index (Phi) is 3.10. The van der Waals surface area contributed by atoms with Crippen molar-refractivity contribution in [3.63, 3.8) is 0 Å². The Morgan fingerprint density at radius 2 is 2.00 bits per heavy atom. The van der Waals surface area contributed by atoms with Gasteiger partial charge in [0.2, 0.25) is 5.78 Å². The summed E-state index contributed by atoms with van der Waals surface area (Å²) in [7, 11) is 0. The van der Waals surface area contributed by atoms with Crippen LogP contribution in [0.3, 0.4) is 0 Å².